The Bertz CT molecular complexity index is 815. The molecular weight excluding hydrogens is 368 g/mol. The molecule has 0 aromatic heterocycles. The number of hydrogen-bond acceptors (Lipinski definition) is 6. The fourth-order valence-electron chi connectivity index (χ4n) is 2.75. The van der Waals surface area contributed by atoms with Gasteiger partial charge >= 0.3 is 0 Å². The zero-order valence-electron chi connectivity index (χ0n) is 15.8. The van der Waals surface area contributed by atoms with E-state index in [1.54, 1.807) is 0 Å². The molecule has 7 nitrogen and oxygen atoms in total. The SMILES string of the molecule is COc1cc(OC)c(S(=O)(=O)N(CCN)CCc2ccccc2)c(OC)c1. The second-order valence-corrected chi connectivity index (χ2v) is 7.66. The second-order valence-electron chi connectivity index (χ2n) is 5.79. The Balaban J connectivity index is 2.43. The summed E-state index contributed by atoms with van der Waals surface area (Å²) < 4.78 is 43.9. The summed E-state index contributed by atoms with van der Waals surface area (Å²) in [6, 6.07) is 12.7. The van der Waals surface area contributed by atoms with Crippen LogP contribution in [0.3, 0.4) is 0 Å². The maximum absolute atomic E-state index is 13.4. The third kappa shape index (κ3) is 4.91. The molecular formula is C19H26N2O5S. The van der Waals surface area contributed by atoms with Gasteiger partial charge in [-0.3, -0.25) is 0 Å². The first-order valence-electron chi connectivity index (χ1n) is 8.52. The van der Waals surface area contributed by atoms with Crippen molar-refractivity contribution in [2.24, 2.45) is 5.73 Å². The minimum Gasteiger partial charge on any atom is -0.496 e. The average Bonchev–Trinajstić information content (AvgIpc) is 2.70. The van der Waals surface area contributed by atoms with Crippen molar-refractivity contribution < 1.29 is 22.6 Å². The molecule has 0 unspecified atom stereocenters. The minimum absolute atomic E-state index is 0.0326. The summed E-state index contributed by atoms with van der Waals surface area (Å²) >= 11 is 0. The van der Waals surface area contributed by atoms with Crippen LogP contribution in [0.15, 0.2) is 47.4 Å². The summed E-state index contributed by atoms with van der Waals surface area (Å²) in [5.41, 5.74) is 6.72. The normalized spacial score (nSPS) is 11.4. The third-order valence-electron chi connectivity index (χ3n) is 4.14. The van der Waals surface area contributed by atoms with Crippen molar-refractivity contribution in [3.8, 4) is 17.2 Å². The molecule has 0 aliphatic rings. The first kappa shape index (κ1) is 21.0. The summed E-state index contributed by atoms with van der Waals surface area (Å²) in [6.07, 6.45) is 0.570. The first-order valence-corrected chi connectivity index (χ1v) is 9.96. The van der Waals surface area contributed by atoms with Gasteiger partial charge in [-0.1, -0.05) is 30.3 Å². The van der Waals surface area contributed by atoms with Crippen molar-refractivity contribution >= 4 is 10.0 Å². The number of rotatable bonds is 10. The molecule has 0 radical (unpaired) electrons. The van der Waals surface area contributed by atoms with Crippen LogP contribution in [0.25, 0.3) is 0 Å². The third-order valence-corrected chi connectivity index (χ3v) is 6.10. The van der Waals surface area contributed by atoms with Crippen molar-refractivity contribution in [1.82, 2.24) is 4.31 Å². The molecule has 0 saturated heterocycles. The standard InChI is InChI=1S/C19H26N2O5S/c1-24-16-13-17(25-2)19(18(14-16)26-3)27(22,23)21(12-10-20)11-9-15-7-5-4-6-8-15/h4-8,13-14H,9-12,20H2,1-3H3. The van der Waals surface area contributed by atoms with Crippen LogP contribution in [0, 0.1) is 0 Å². The fourth-order valence-corrected chi connectivity index (χ4v) is 4.48. The Kier molecular flexibility index (Phi) is 7.46. The summed E-state index contributed by atoms with van der Waals surface area (Å²) in [4.78, 5) is -0.0326. The molecule has 0 bridgehead atoms. The van der Waals surface area contributed by atoms with Crippen molar-refractivity contribution in [2.75, 3.05) is 41.0 Å². The monoisotopic (exact) mass is 394 g/mol. The van der Waals surface area contributed by atoms with Gasteiger partial charge in [0.15, 0.2) is 4.90 Å². The topological polar surface area (TPSA) is 91.1 Å². The van der Waals surface area contributed by atoms with Crippen LogP contribution in [0.5, 0.6) is 17.2 Å². The lowest BCUT2D eigenvalue weighted by Crippen LogP contribution is -2.37. The molecule has 2 N–H and O–H groups in total. The predicted octanol–water partition coefficient (Wildman–Crippen LogP) is 1.90. The maximum atomic E-state index is 13.4. The fraction of sp³-hybridized carbons (Fsp3) is 0.368. The lowest BCUT2D eigenvalue weighted by Gasteiger charge is -2.24. The molecule has 0 aliphatic carbocycles. The Labute approximate surface area is 160 Å². The van der Waals surface area contributed by atoms with Gasteiger partial charge in [-0.05, 0) is 12.0 Å². The summed E-state index contributed by atoms with van der Waals surface area (Å²) in [5.74, 6) is 0.762. The van der Waals surface area contributed by atoms with Crippen LogP contribution in [-0.2, 0) is 16.4 Å². The number of ether oxygens (including phenoxy) is 3. The molecule has 2 aromatic rings. The number of nitrogens with two attached hydrogens (primary N) is 1. The van der Waals surface area contributed by atoms with Gasteiger partial charge in [-0.2, -0.15) is 4.31 Å². The highest BCUT2D eigenvalue weighted by molar-refractivity contribution is 7.89. The lowest BCUT2D eigenvalue weighted by molar-refractivity contribution is 0.352. The second kappa shape index (κ2) is 9.59. The molecule has 2 rings (SSSR count). The van der Waals surface area contributed by atoms with Gasteiger partial charge in [0.25, 0.3) is 10.0 Å². The van der Waals surface area contributed by atoms with E-state index in [4.69, 9.17) is 19.9 Å². The van der Waals surface area contributed by atoms with Crippen molar-refractivity contribution in [1.29, 1.82) is 0 Å². The van der Waals surface area contributed by atoms with E-state index in [0.717, 1.165) is 5.56 Å². The molecule has 0 saturated carbocycles. The number of nitrogens with zero attached hydrogens (tertiary/aromatic N) is 1. The average molecular weight is 394 g/mol. The Hall–Kier alpha value is -2.29. The molecule has 0 atom stereocenters. The van der Waals surface area contributed by atoms with E-state index in [1.165, 1.54) is 37.8 Å². The Morgan fingerprint density at radius 1 is 0.926 bits per heavy atom. The molecule has 148 valence electrons. The van der Waals surface area contributed by atoms with Crippen LogP contribution in [0.1, 0.15) is 5.56 Å². The van der Waals surface area contributed by atoms with Crippen LogP contribution < -0.4 is 19.9 Å². The maximum Gasteiger partial charge on any atom is 0.250 e. The van der Waals surface area contributed by atoms with Gasteiger partial charge in [0, 0.05) is 31.8 Å². The number of hydrogen-bond donors (Lipinski definition) is 1. The predicted molar refractivity (Wildman–Crippen MR) is 104 cm³/mol. The zero-order chi connectivity index (χ0) is 19.9. The summed E-state index contributed by atoms with van der Waals surface area (Å²) in [6.45, 7) is 0.685. The molecule has 0 aliphatic heterocycles. The van der Waals surface area contributed by atoms with Gasteiger partial charge < -0.3 is 19.9 Å². The van der Waals surface area contributed by atoms with E-state index >= 15 is 0 Å². The van der Waals surface area contributed by atoms with E-state index in [2.05, 4.69) is 0 Å². The molecule has 8 heteroatoms. The van der Waals surface area contributed by atoms with E-state index in [-0.39, 0.29) is 29.5 Å². The highest BCUT2D eigenvalue weighted by Gasteiger charge is 2.31. The van der Waals surface area contributed by atoms with Crippen LogP contribution in [0.2, 0.25) is 0 Å². The zero-order valence-corrected chi connectivity index (χ0v) is 16.7. The summed E-state index contributed by atoms with van der Waals surface area (Å²) in [5, 5.41) is 0. The molecule has 27 heavy (non-hydrogen) atoms. The first-order chi connectivity index (χ1) is 13.0. The number of methoxy groups -OCH3 is 3. The highest BCUT2D eigenvalue weighted by atomic mass is 32.2. The van der Waals surface area contributed by atoms with Gasteiger partial charge in [0.05, 0.1) is 21.3 Å². The lowest BCUT2D eigenvalue weighted by atomic mass is 10.1. The summed E-state index contributed by atoms with van der Waals surface area (Å²) in [7, 11) is 0.407. The van der Waals surface area contributed by atoms with Crippen LogP contribution in [-0.4, -0.2) is 53.7 Å². The highest BCUT2D eigenvalue weighted by Crippen LogP contribution is 2.39. The van der Waals surface area contributed by atoms with E-state index in [0.29, 0.717) is 18.7 Å². The molecule has 0 fully saturated rings. The number of benzene rings is 2. The largest absolute Gasteiger partial charge is 0.496 e. The van der Waals surface area contributed by atoms with Gasteiger partial charge in [0.1, 0.15) is 17.2 Å². The van der Waals surface area contributed by atoms with E-state index in [9.17, 15) is 8.42 Å². The molecule has 2 aromatic carbocycles. The van der Waals surface area contributed by atoms with Crippen molar-refractivity contribution in [2.45, 2.75) is 11.3 Å². The van der Waals surface area contributed by atoms with Crippen LogP contribution in [0.4, 0.5) is 0 Å². The van der Waals surface area contributed by atoms with E-state index < -0.39 is 10.0 Å². The van der Waals surface area contributed by atoms with Crippen LogP contribution >= 0.6 is 0 Å². The minimum atomic E-state index is -3.90. The molecule has 0 spiro atoms. The Morgan fingerprint density at radius 2 is 1.52 bits per heavy atom. The number of sulfonamides is 1. The van der Waals surface area contributed by atoms with Crippen molar-refractivity contribution in [3.63, 3.8) is 0 Å². The van der Waals surface area contributed by atoms with Crippen molar-refractivity contribution in [3.05, 3.63) is 48.0 Å². The van der Waals surface area contributed by atoms with Gasteiger partial charge in [0.2, 0.25) is 0 Å². The smallest absolute Gasteiger partial charge is 0.250 e. The van der Waals surface area contributed by atoms with E-state index in [1.807, 2.05) is 30.3 Å². The molecule has 0 heterocycles. The quantitative estimate of drug-likeness (QED) is 0.662. The van der Waals surface area contributed by atoms with Gasteiger partial charge in [-0.15, -0.1) is 0 Å². The molecule has 0 amide bonds. The van der Waals surface area contributed by atoms with Gasteiger partial charge in [-0.25, -0.2) is 8.42 Å². The Morgan fingerprint density at radius 3 is 2.00 bits per heavy atom.